The Balaban J connectivity index is 5.49. The van der Waals surface area contributed by atoms with Gasteiger partial charge >= 0.3 is 23.9 Å². The number of alkyl halides is 6. The number of nitrogens with zero attached hydrogens (tertiary/aromatic N) is 2. The Kier molecular flexibility index (Phi) is 3.58. The highest BCUT2D eigenvalue weighted by Gasteiger charge is 2.78. The zero-order chi connectivity index (χ0) is 13.2. The maximum atomic E-state index is 12.8. The second kappa shape index (κ2) is 4.02. The van der Waals surface area contributed by atoms with Gasteiger partial charge in [-0.2, -0.15) is 26.3 Å². The maximum Gasteiger partial charge on any atom is 0.459 e. The second-order valence-corrected chi connectivity index (χ2v) is 2.24. The summed E-state index contributed by atoms with van der Waals surface area (Å²) in [6.45, 7) is 0. The molecule has 16 heavy (non-hydrogen) atoms. The lowest BCUT2D eigenvalue weighted by Gasteiger charge is -2.25. The van der Waals surface area contributed by atoms with Crippen molar-refractivity contribution in [1.82, 2.24) is 0 Å². The summed E-state index contributed by atoms with van der Waals surface area (Å²) < 4.78 is 72.2. The molecule has 0 N–H and O–H groups in total. The van der Waals surface area contributed by atoms with Crippen LogP contribution < -0.4 is 0 Å². The fraction of sp³-hybridized carbons (Fsp3) is 0.750. The molecule has 0 spiro atoms. The Morgan fingerprint density at radius 2 is 1.44 bits per heavy atom. The third-order valence-corrected chi connectivity index (χ3v) is 1.29. The summed E-state index contributed by atoms with van der Waals surface area (Å²) in [5.41, 5.74) is 0. The van der Waals surface area contributed by atoms with Crippen LogP contribution in [-0.2, 0) is 9.63 Å². The maximum absolute atomic E-state index is 12.8. The number of carbonyl (C=O) groups is 1. The molecule has 12 heteroatoms. The highest BCUT2D eigenvalue weighted by Crippen LogP contribution is 2.46. The van der Waals surface area contributed by atoms with Crippen molar-refractivity contribution in [1.29, 1.82) is 0 Å². The summed E-state index contributed by atoms with van der Waals surface area (Å²) >= 11 is 0. The lowest BCUT2D eigenvalue weighted by Crippen LogP contribution is -2.57. The van der Waals surface area contributed by atoms with Crippen molar-refractivity contribution in [2.24, 2.45) is 10.5 Å². The molecule has 0 saturated carbocycles. The number of carbonyl (C=O) groups excluding carboxylic acids is 1. The normalized spacial score (nSPS) is 16.1. The van der Waals surface area contributed by atoms with Crippen LogP contribution in [0.4, 0.5) is 26.3 Å². The molecule has 0 saturated heterocycles. The fourth-order valence-corrected chi connectivity index (χ4v) is 0.505. The summed E-state index contributed by atoms with van der Waals surface area (Å²) in [5.74, 6) is -15.2. The summed E-state index contributed by atoms with van der Waals surface area (Å²) in [4.78, 5) is 31.7. The van der Waals surface area contributed by atoms with Crippen molar-refractivity contribution in [2.75, 3.05) is 0 Å². The van der Waals surface area contributed by atoms with Gasteiger partial charge in [-0.05, 0) is 5.18 Å². The minimum Gasteiger partial charge on any atom is -0.278 e. The van der Waals surface area contributed by atoms with Gasteiger partial charge in [-0.15, -0.1) is 9.81 Å². The van der Waals surface area contributed by atoms with E-state index in [1.807, 2.05) is 0 Å². The molecule has 0 amide bonds. The van der Waals surface area contributed by atoms with E-state index in [-0.39, 0.29) is 0 Å². The lowest BCUT2D eigenvalue weighted by molar-refractivity contribution is -0.323. The lowest BCUT2D eigenvalue weighted by atomic mass is 10.1. The average molecular weight is 254 g/mol. The van der Waals surface area contributed by atoms with E-state index >= 15 is 0 Å². The highest BCUT2D eigenvalue weighted by molar-refractivity contribution is 5.80. The van der Waals surface area contributed by atoms with Crippen molar-refractivity contribution in [3.05, 3.63) is 9.81 Å². The zero-order valence-corrected chi connectivity index (χ0v) is 6.80. The Bertz CT molecular complexity index is 316. The molecular weight excluding hydrogens is 254 g/mol. The molecule has 0 aromatic carbocycles. The van der Waals surface area contributed by atoms with E-state index in [0.29, 0.717) is 5.18 Å². The molecule has 1 unspecified atom stereocenters. The third kappa shape index (κ3) is 1.94. The van der Waals surface area contributed by atoms with Crippen molar-refractivity contribution < 1.29 is 36.0 Å². The van der Waals surface area contributed by atoms with E-state index in [1.54, 1.807) is 0 Å². The summed E-state index contributed by atoms with van der Waals surface area (Å²) in [7, 11) is 0. The van der Waals surface area contributed by atoms with Crippen LogP contribution in [0.2, 0.25) is 0 Å². The van der Waals surface area contributed by atoms with Gasteiger partial charge in [-0.1, -0.05) is 0 Å². The van der Waals surface area contributed by atoms with Crippen LogP contribution >= 0.6 is 0 Å². The first-order valence-corrected chi connectivity index (χ1v) is 3.06. The molecular formula is C4F6N2O4. The van der Waals surface area contributed by atoms with Gasteiger partial charge in [0.1, 0.15) is 0 Å². The number of nitroso groups, excluding NO2 is 1. The molecule has 0 bridgehead atoms. The van der Waals surface area contributed by atoms with Crippen LogP contribution in [0.1, 0.15) is 0 Å². The largest absolute Gasteiger partial charge is 0.459 e. The molecule has 0 aliphatic carbocycles. The first-order chi connectivity index (χ1) is 7.04. The smallest absolute Gasteiger partial charge is 0.278 e. The quantitative estimate of drug-likeness (QED) is 0.331. The van der Waals surface area contributed by atoms with Crippen LogP contribution in [0.25, 0.3) is 0 Å². The van der Waals surface area contributed by atoms with Gasteiger partial charge in [0.25, 0.3) is 0 Å². The van der Waals surface area contributed by atoms with Gasteiger partial charge in [-0.25, -0.2) is 4.79 Å². The number of rotatable bonds is 4. The Labute approximate surface area is 81.4 Å². The number of hydrogen-bond donors (Lipinski definition) is 0. The Hall–Kier alpha value is -1.75. The Morgan fingerprint density at radius 3 is 1.69 bits per heavy atom. The zero-order valence-electron chi connectivity index (χ0n) is 6.80. The summed E-state index contributed by atoms with van der Waals surface area (Å²) in [5, 5.41) is 1.82. The standard InChI is InChI=1S/C4F6N2O4/c5-2(11-14,1(13)16-12-15)3(6,7)4(8,9)10. The van der Waals surface area contributed by atoms with E-state index in [1.165, 1.54) is 0 Å². The average Bonchev–Trinajstić information content (AvgIpc) is 2.14. The van der Waals surface area contributed by atoms with E-state index in [0.717, 1.165) is 5.34 Å². The van der Waals surface area contributed by atoms with Crippen molar-refractivity contribution >= 4 is 5.97 Å². The molecule has 0 radical (unpaired) electrons. The predicted molar refractivity (Wildman–Crippen MR) is 32.5 cm³/mol. The van der Waals surface area contributed by atoms with E-state index < -0.39 is 23.9 Å². The van der Waals surface area contributed by atoms with Crippen LogP contribution in [0.3, 0.4) is 0 Å². The van der Waals surface area contributed by atoms with Crippen LogP contribution in [-0.4, -0.2) is 23.9 Å². The molecule has 0 fully saturated rings. The number of hydrogen-bond acceptors (Lipinski definition) is 6. The first-order valence-electron chi connectivity index (χ1n) is 3.06. The molecule has 92 valence electrons. The monoisotopic (exact) mass is 254 g/mol. The third-order valence-electron chi connectivity index (χ3n) is 1.29. The summed E-state index contributed by atoms with van der Waals surface area (Å²) in [6.07, 6.45) is -6.59. The van der Waals surface area contributed by atoms with Crippen LogP contribution in [0.5, 0.6) is 0 Å². The van der Waals surface area contributed by atoms with Crippen molar-refractivity contribution in [3.8, 4) is 0 Å². The van der Waals surface area contributed by atoms with Gasteiger partial charge in [0, 0.05) is 0 Å². The molecule has 6 nitrogen and oxygen atoms in total. The molecule has 1 atom stereocenters. The van der Waals surface area contributed by atoms with Crippen LogP contribution in [0.15, 0.2) is 10.5 Å². The minimum absolute atomic E-state index is 0.717. The van der Waals surface area contributed by atoms with Gasteiger partial charge < -0.3 is 0 Å². The van der Waals surface area contributed by atoms with E-state index in [9.17, 15) is 41.0 Å². The first kappa shape index (κ1) is 14.2. The van der Waals surface area contributed by atoms with Crippen LogP contribution in [0, 0.1) is 9.81 Å². The second-order valence-electron chi connectivity index (χ2n) is 2.24. The van der Waals surface area contributed by atoms with Gasteiger partial charge in [-0.3, -0.25) is 4.84 Å². The molecule has 0 aromatic rings. The summed E-state index contributed by atoms with van der Waals surface area (Å²) in [6, 6.07) is 0. The fourth-order valence-electron chi connectivity index (χ4n) is 0.505. The molecule has 0 rings (SSSR count). The molecule has 0 aromatic heterocycles. The SMILES string of the molecule is O=NOC(=O)C(F)(N=O)C(F)(F)C(F)(F)F. The van der Waals surface area contributed by atoms with E-state index in [4.69, 9.17) is 0 Å². The van der Waals surface area contributed by atoms with E-state index in [2.05, 4.69) is 4.84 Å². The van der Waals surface area contributed by atoms with Crippen molar-refractivity contribution in [2.45, 2.75) is 17.9 Å². The topological polar surface area (TPSA) is 85.2 Å². The Morgan fingerprint density at radius 1 is 1.00 bits per heavy atom. The minimum atomic E-state index is -6.59. The van der Waals surface area contributed by atoms with Gasteiger partial charge in [0.05, 0.1) is 0 Å². The molecule has 0 aliphatic heterocycles. The number of halogens is 6. The highest BCUT2D eigenvalue weighted by atomic mass is 19.4. The molecule has 0 heterocycles. The van der Waals surface area contributed by atoms with Crippen molar-refractivity contribution in [3.63, 3.8) is 0 Å². The predicted octanol–water partition coefficient (Wildman–Crippen LogP) is 1.84. The van der Waals surface area contributed by atoms with Gasteiger partial charge in [0.2, 0.25) is 0 Å². The van der Waals surface area contributed by atoms with Gasteiger partial charge in [0.15, 0.2) is 5.34 Å². The molecule has 0 aliphatic rings.